The summed E-state index contributed by atoms with van der Waals surface area (Å²) in [4.78, 5) is 6.45. The SMILES string of the molecule is CCNc1cc(N(C)Cc2cccc(Cl)c2)ccn1. The summed E-state index contributed by atoms with van der Waals surface area (Å²) in [5.41, 5.74) is 2.32. The Hall–Kier alpha value is -1.74. The van der Waals surface area contributed by atoms with Crippen LogP contribution in [0.25, 0.3) is 0 Å². The van der Waals surface area contributed by atoms with E-state index < -0.39 is 0 Å². The lowest BCUT2D eigenvalue weighted by Crippen LogP contribution is -2.16. The molecule has 0 atom stereocenters. The molecule has 1 N–H and O–H groups in total. The normalized spacial score (nSPS) is 10.3. The van der Waals surface area contributed by atoms with Crippen molar-refractivity contribution in [3.63, 3.8) is 0 Å². The number of nitrogens with one attached hydrogen (secondary N) is 1. The van der Waals surface area contributed by atoms with Crippen molar-refractivity contribution in [1.82, 2.24) is 4.98 Å². The minimum Gasteiger partial charge on any atom is -0.370 e. The number of aromatic nitrogens is 1. The maximum absolute atomic E-state index is 6.00. The highest BCUT2D eigenvalue weighted by atomic mass is 35.5. The molecule has 4 heteroatoms. The van der Waals surface area contributed by atoms with Crippen LogP contribution in [-0.4, -0.2) is 18.6 Å². The van der Waals surface area contributed by atoms with Crippen LogP contribution in [0.4, 0.5) is 11.5 Å². The fraction of sp³-hybridized carbons (Fsp3) is 0.267. The molecule has 0 bridgehead atoms. The van der Waals surface area contributed by atoms with Crippen molar-refractivity contribution in [2.45, 2.75) is 13.5 Å². The molecular formula is C15H18ClN3. The Balaban J connectivity index is 2.11. The molecule has 19 heavy (non-hydrogen) atoms. The van der Waals surface area contributed by atoms with Gasteiger partial charge < -0.3 is 10.2 Å². The average molecular weight is 276 g/mol. The van der Waals surface area contributed by atoms with Crippen LogP contribution in [0.2, 0.25) is 5.02 Å². The quantitative estimate of drug-likeness (QED) is 0.900. The van der Waals surface area contributed by atoms with Gasteiger partial charge in [0.1, 0.15) is 5.82 Å². The third kappa shape index (κ3) is 3.86. The number of benzene rings is 1. The first-order valence-electron chi connectivity index (χ1n) is 6.34. The van der Waals surface area contributed by atoms with Crippen molar-refractivity contribution in [3.8, 4) is 0 Å². The standard InChI is InChI=1S/C15H18ClN3/c1-3-17-15-10-14(7-8-18-15)19(2)11-12-5-4-6-13(16)9-12/h4-10H,3,11H2,1-2H3,(H,17,18). The van der Waals surface area contributed by atoms with E-state index in [9.17, 15) is 0 Å². The molecule has 0 aliphatic heterocycles. The molecular weight excluding hydrogens is 258 g/mol. The van der Waals surface area contributed by atoms with Gasteiger partial charge in [0.2, 0.25) is 0 Å². The summed E-state index contributed by atoms with van der Waals surface area (Å²) in [5.74, 6) is 0.901. The summed E-state index contributed by atoms with van der Waals surface area (Å²) in [7, 11) is 2.06. The highest BCUT2D eigenvalue weighted by Crippen LogP contribution is 2.19. The van der Waals surface area contributed by atoms with E-state index in [4.69, 9.17) is 11.6 Å². The summed E-state index contributed by atoms with van der Waals surface area (Å²) in [5, 5.41) is 3.99. The molecule has 0 saturated carbocycles. The summed E-state index contributed by atoms with van der Waals surface area (Å²) >= 11 is 6.00. The van der Waals surface area contributed by atoms with Gasteiger partial charge in [-0.15, -0.1) is 0 Å². The van der Waals surface area contributed by atoms with Gasteiger partial charge in [0, 0.05) is 43.1 Å². The van der Waals surface area contributed by atoms with E-state index in [1.807, 2.05) is 36.5 Å². The molecule has 1 aromatic heterocycles. The van der Waals surface area contributed by atoms with Crippen LogP contribution in [0, 0.1) is 0 Å². The summed E-state index contributed by atoms with van der Waals surface area (Å²) < 4.78 is 0. The maximum Gasteiger partial charge on any atom is 0.127 e. The molecule has 0 saturated heterocycles. The van der Waals surface area contributed by atoms with Gasteiger partial charge in [0.25, 0.3) is 0 Å². The van der Waals surface area contributed by atoms with Gasteiger partial charge in [-0.1, -0.05) is 23.7 Å². The number of halogens is 1. The Morgan fingerprint density at radius 3 is 2.84 bits per heavy atom. The maximum atomic E-state index is 6.00. The minimum absolute atomic E-state index is 0.772. The number of nitrogens with zero attached hydrogens (tertiary/aromatic N) is 2. The van der Waals surface area contributed by atoms with Crippen LogP contribution in [0.1, 0.15) is 12.5 Å². The lowest BCUT2D eigenvalue weighted by atomic mass is 10.2. The minimum atomic E-state index is 0.772. The van der Waals surface area contributed by atoms with Crippen LogP contribution < -0.4 is 10.2 Å². The molecule has 100 valence electrons. The Bertz CT molecular complexity index is 542. The number of pyridine rings is 1. The van der Waals surface area contributed by atoms with Gasteiger partial charge >= 0.3 is 0 Å². The molecule has 2 aromatic rings. The largest absolute Gasteiger partial charge is 0.370 e. The van der Waals surface area contributed by atoms with Gasteiger partial charge in [0.05, 0.1) is 0 Å². The van der Waals surface area contributed by atoms with E-state index in [2.05, 4.69) is 35.2 Å². The van der Waals surface area contributed by atoms with Crippen LogP contribution >= 0.6 is 11.6 Å². The first-order valence-corrected chi connectivity index (χ1v) is 6.72. The van der Waals surface area contributed by atoms with E-state index in [0.29, 0.717) is 0 Å². The average Bonchev–Trinajstić information content (AvgIpc) is 2.39. The zero-order chi connectivity index (χ0) is 13.7. The van der Waals surface area contributed by atoms with Crippen LogP contribution in [0.3, 0.4) is 0 Å². The van der Waals surface area contributed by atoms with Crippen LogP contribution in [0.5, 0.6) is 0 Å². The molecule has 0 spiro atoms. The number of hydrogen-bond donors (Lipinski definition) is 1. The summed E-state index contributed by atoms with van der Waals surface area (Å²) in [6, 6.07) is 12.0. The van der Waals surface area contributed by atoms with Crippen LogP contribution in [0.15, 0.2) is 42.6 Å². The topological polar surface area (TPSA) is 28.2 Å². The number of rotatable bonds is 5. The zero-order valence-corrected chi connectivity index (χ0v) is 12.0. The molecule has 0 amide bonds. The Morgan fingerprint density at radius 1 is 1.26 bits per heavy atom. The fourth-order valence-electron chi connectivity index (χ4n) is 1.94. The summed E-state index contributed by atoms with van der Waals surface area (Å²) in [6.07, 6.45) is 1.82. The van der Waals surface area contributed by atoms with Crippen molar-refractivity contribution in [2.75, 3.05) is 23.8 Å². The predicted molar refractivity (Wildman–Crippen MR) is 82.0 cm³/mol. The van der Waals surface area contributed by atoms with E-state index in [0.717, 1.165) is 29.6 Å². The molecule has 0 aliphatic rings. The summed E-state index contributed by atoms with van der Waals surface area (Å²) in [6.45, 7) is 3.74. The van der Waals surface area contributed by atoms with Crippen molar-refractivity contribution >= 4 is 23.1 Å². The van der Waals surface area contributed by atoms with Gasteiger partial charge in [-0.25, -0.2) is 4.98 Å². The Labute approximate surface area is 119 Å². The third-order valence-electron chi connectivity index (χ3n) is 2.85. The lowest BCUT2D eigenvalue weighted by Gasteiger charge is -2.20. The highest BCUT2D eigenvalue weighted by molar-refractivity contribution is 6.30. The Kier molecular flexibility index (Phi) is 4.63. The monoisotopic (exact) mass is 275 g/mol. The van der Waals surface area contributed by atoms with Gasteiger partial charge in [-0.3, -0.25) is 0 Å². The van der Waals surface area contributed by atoms with Crippen molar-refractivity contribution in [1.29, 1.82) is 0 Å². The van der Waals surface area contributed by atoms with E-state index in [-0.39, 0.29) is 0 Å². The Morgan fingerprint density at radius 2 is 2.11 bits per heavy atom. The first kappa shape index (κ1) is 13.7. The molecule has 0 aliphatic carbocycles. The van der Waals surface area contributed by atoms with Gasteiger partial charge in [-0.05, 0) is 30.7 Å². The molecule has 2 rings (SSSR count). The fourth-order valence-corrected chi connectivity index (χ4v) is 2.15. The number of hydrogen-bond acceptors (Lipinski definition) is 3. The van der Waals surface area contributed by atoms with Crippen LogP contribution in [-0.2, 0) is 6.54 Å². The smallest absolute Gasteiger partial charge is 0.127 e. The van der Waals surface area contributed by atoms with Crippen molar-refractivity contribution < 1.29 is 0 Å². The second-order valence-electron chi connectivity index (χ2n) is 4.42. The molecule has 0 fully saturated rings. The third-order valence-corrected chi connectivity index (χ3v) is 3.09. The lowest BCUT2D eigenvalue weighted by molar-refractivity contribution is 0.920. The molecule has 3 nitrogen and oxygen atoms in total. The molecule has 0 unspecified atom stereocenters. The second kappa shape index (κ2) is 6.43. The molecule has 1 heterocycles. The van der Waals surface area contributed by atoms with E-state index in [1.54, 1.807) is 0 Å². The highest BCUT2D eigenvalue weighted by Gasteiger charge is 2.04. The molecule has 1 aromatic carbocycles. The second-order valence-corrected chi connectivity index (χ2v) is 4.85. The van der Waals surface area contributed by atoms with E-state index >= 15 is 0 Å². The van der Waals surface area contributed by atoms with Gasteiger partial charge in [0.15, 0.2) is 0 Å². The number of anilines is 2. The van der Waals surface area contributed by atoms with Crippen molar-refractivity contribution in [3.05, 3.63) is 53.2 Å². The van der Waals surface area contributed by atoms with Gasteiger partial charge in [-0.2, -0.15) is 0 Å². The van der Waals surface area contributed by atoms with E-state index in [1.165, 1.54) is 5.56 Å². The molecule has 0 radical (unpaired) electrons. The van der Waals surface area contributed by atoms with Crippen molar-refractivity contribution in [2.24, 2.45) is 0 Å². The first-order chi connectivity index (χ1) is 9.19. The predicted octanol–water partition coefficient (Wildman–Crippen LogP) is 3.80. The zero-order valence-electron chi connectivity index (χ0n) is 11.2.